The lowest BCUT2D eigenvalue weighted by Crippen LogP contribution is -2.18. The minimum atomic E-state index is -0.141. The van der Waals surface area contributed by atoms with Gasteiger partial charge in [0.05, 0.1) is 16.1 Å². The molecule has 2 aromatic rings. The molecular formula is C13H15Cl2N3. The first-order valence-electron chi connectivity index (χ1n) is 5.82. The topological polar surface area (TPSA) is 43.8 Å². The summed E-state index contributed by atoms with van der Waals surface area (Å²) in [5.41, 5.74) is 7.23. The van der Waals surface area contributed by atoms with Gasteiger partial charge in [-0.15, -0.1) is 0 Å². The van der Waals surface area contributed by atoms with Gasteiger partial charge in [-0.2, -0.15) is 0 Å². The van der Waals surface area contributed by atoms with Crippen LogP contribution in [0, 0.1) is 0 Å². The lowest BCUT2D eigenvalue weighted by atomic mass is 10.1. The molecule has 0 saturated heterocycles. The summed E-state index contributed by atoms with van der Waals surface area (Å²) in [7, 11) is 0. The number of aromatic nitrogens is 2. The van der Waals surface area contributed by atoms with Crippen LogP contribution in [0.25, 0.3) is 0 Å². The van der Waals surface area contributed by atoms with E-state index in [1.54, 1.807) is 12.3 Å². The van der Waals surface area contributed by atoms with Gasteiger partial charge in [0, 0.05) is 18.9 Å². The molecule has 1 unspecified atom stereocenters. The van der Waals surface area contributed by atoms with Gasteiger partial charge >= 0.3 is 0 Å². The molecule has 2 N–H and O–H groups in total. The van der Waals surface area contributed by atoms with E-state index in [-0.39, 0.29) is 6.04 Å². The molecule has 18 heavy (non-hydrogen) atoms. The van der Waals surface area contributed by atoms with E-state index in [0.717, 1.165) is 17.9 Å². The van der Waals surface area contributed by atoms with Crippen LogP contribution in [0.4, 0.5) is 0 Å². The smallest absolute Gasteiger partial charge is 0.125 e. The van der Waals surface area contributed by atoms with Crippen molar-refractivity contribution in [1.29, 1.82) is 0 Å². The number of hydrogen-bond acceptors (Lipinski definition) is 2. The van der Waals surface area contributed by atoms with Crippen molar-refractivity contribution in [3.05, 3.63) is 52.0 Å². The summed E-state index contributed by atoms with van der Waals surface area (Å²) in [5.74, 6) is 0.892. The van der Waals surface area contributed by atoms with Crippen LogP contribution in [-0.4, -0.2) is 9.55 Å². The first-order chi connectivity index (χ1) is 8.61. The number of nitrogens with zero attached hydrogens (tertiary/aromatic N) is 2. The summed E-state index contributed by atoms with van der Waals surface area (Å²) >= 11 is 11.9. The Morgan fingerprint density at radius 1 is 1.33 bits per heavy atom. The number of halogens is 2. The van der Waals surface area contributed by atoms with Gasteiger partial charge in [0.15, 0.2) is 0 Å². The lowest BCUT2D eigenvalue weighted by molar-refractivity contribution is 0.600. The van der Waals surface area contributed by atoms with E-state index < -0.39 is 0 Å². The number of benzene rings is 1. The fourth-order valence-electron chi connectivity index (χ4n) is 1.93. The molecule has 1 atom stereocenters. The van der Waals surface area contributed by atoms with Gasteiger partial charge in [-0.05, 0) is 31.0 Å². The Morgan fingerprint density at radius 3 is 2.78 bits per heavy atom. The van der Waals surface area contributed by atoms with Gasteiger partial charge in [0.2, 0.25) is 0 Å². The van der Waals surface area contributed by atoms with E-state index in [0.29, 0.717) is 16.5 Å². The third-order valence-corrected chi connectivity index (χ3v) is 3.60. The average molecular weight is 284 g/mol. The van der Waals surface area contributed by atoms with Crippen molar-refractivity contribution < 1.29 is 0 Å². The third kappa shape index (κ3) is 2.86. The fraction of sp³-hybridized carbons (Fsp3) is 0.308. The third-order valence-electron chi connectivity index (χ3n) is 2.86. The van der Waals surface area contributed by atoms with Crippen molar-refractivity contribution in [3.63, 3.8) is 0 Å². The van der Waals surface area contributed by atoms with E-state index in [2.05, 4.69) is 11.9 Å². The summed E-state index contributed by atoms with van der Waals surface area (Å²) in [6.07, 6.45) is 4.39. The molecule has 0 saturated carbocycles. The van der Waals surface area contributed by atoms with Gasteiger partial charge in [-0.25, -0.2) is 4.98 Å². The molecule has 0 aliphatic rings. The summed E-state index contributed by atoms with van der Waals surface area (Å²) in [4.78, 5) is 4.30. The Bertz CT molecular complexity index is 537. The van der Waals surface area contributed by atoms with E-state index in [1.807, 2.05) is 22.9 Å². The molecule has 0 bridgehead atoms. The van der Waals surface area contributed by atoms with Crippen molar-refractivity contribution in [2.24, 2.45) is 5.73 Å². The van der Waals surface area contributed by atoms with Gasteiger partial charge < -0.3 is 10.3 Å². The minimum Gasteiger partial charge on any atom is -0.334 e. The Labute approximate surface area is 117 Å². The molecule has 0 spiro atoms. The van der Waals surface area contributed by atoms with Crippen LogP contribution in [0.1, 0.15) is 24.4 Å². The highest BCUT2D eigenvalue weighted by Crippen LogP contribution is 2.24. The van der Waals surface area contributed by atoms with Gasteiger partial charge in [0.1, 0.15) is 5.82 Å². The fourth-order valence-corrected chi connectivity index (χ4v) is 2.25. The van der Waals surface area contributed by atoms with Crippen molar-refractivity contribution in [2.75, 3.05) is 0 Å². The first-order valence-corrected chi connectivity index (χ1v) is 6.58. The SMILES string of the molecule is CCn1ccnc1C(N)Cc1ccc(Cl)c(Cl)c1. The van der Waals surface area contributed by atoms with E-state index in [4.69, 9.17) is 28.9 Å². The molecule has 5 heteroatoms. The van der Waals surface area contributed by atoms with Crippen molar-refractivity contribution >= 4 is 23.2 Å². The molecular weight excluding hydrogens is 269 g/mol. The average Bonchev–Trinajstić information content (AvgIpc) is 2.82. The van der Waals surface area contributed by atoms with Crippen LogP contribution in [0.15, 0.2) is 30.6 Å². The normalized spacial score (nSPS) is 12.7. The maximum Gasteiger partial charge on any atom is 0.125 e. The summed E-state index contributed by atoms with van der Waals surface area (Å²) < 4.78 is 2.04. The zero-order chi connectivity index (χ0) is 13.1. The molecule has 0 aliphatic heterocycles. The number of rotatable bonds is 4. The second-order valence-corrected chi connectivity index (χ2v) is 4.94. The predicted molar refractivity (Wildman–Crippen MR) is 75.0 cm³/mol. The molecule has 0 radical (unpaired) electrons. The van der Waals surface area contributed by atoms with E-state index >= 15 is 0 Å². The van der Waals surface area contributed by atoms with Crippen LogP contribution in [0.3, 0.4) is 0 Å². The highest BCUT2D eigenvalue weighted by molar-refractivity contribution is 6.42. The lowest BCUT2D eigenvalue weighted by Gasteiger charge is -2.13. The van der Waals surface area contributed by atoms with E-state index in [1.165, 1.54) is 0 Å². The highest BCUT2D eigenvalue weighted by Gasteiger charge is 2.13. The van der Waals surface area contributed by atoms with Gasteiger partial charge in [0.25, 0.3) is 0 Å². The number of nitrogens with two attached hydrogens (primary N) is 1. The predicted octanol–water partition coefficient (Wildman–Crippen LogP) is 3.45. The van der Waals surface area contributed by atoms with Gasteiger partial charge in [-0.3, -0.25) is 0 Å². The molecule has 96 valence electrons. The Hall–Kier alpha value is -1.03. The summed E-state index contributed by atoms with van der Waals surface area (Å²) in [5, 5.41) is 1.12. The molecule has 1 heterocycles. The Kier molecular flexibility index (Phi) is 4.27. The number of imidazole rings is 1. The van der Waals surface area contributed by atoms with Crippen molar-refractivity contribution in [1.82, 2.24) is 9.55 Å². The molecule has 0 fully saturated rings. The highest BCUT2D eigenvalue weighted by atomic mass is 35.5. The molecule has 3 nitrogen and oxygen atoms in total. The Balaban J connectivity index is 2.16. The number of aryl methyl sites for hydroxylation is 1. The zero-order valence-corrected chi connectivity index (χ0v) is 11.6. The number of hydrogen-bond donors (Lipinski definition) is 1. The summed E-state index contributed by atoms with van der Waals surface area (Å²) in [6, 6.07) is 5.44. The van der Waals surface area contributed by atoms with Crippen molar-refractivity contribution in [2.45, 2.75) is 25.9 Å². The molecule has 1 aromatic carbocycles. The molecule has 1 aromatic heterocycles. The van der Waals surface area contributed by atoms with Crippen LogP contribution in [0.2, 0.25) is 10.0 Å². The maximum absolute atomic E-state index is 6.18. The van der Waals surface area contributed by atoms with Crippen LogP contribution < -0.4 is 5.73 Å². The second-order valence-electron chi connectivity index (χ2n) is 4.13. The van der Waals surface area contributed by atoms with Gasteiger partial charge in [-0.1, -0.05) is 29.3 Å². The zero-order valence-electron chi connectivity index (χ0n) is 10.1. The molecule has 2 rings (SSSR count). The second kappa shape index (κ2) is 5.74. The minimum absolute atomic E-state index is 0.141. The standard InChI is InChI=1S/C13H15Cl2N3/c1-2-18-6-5-17-13(18)12(16)8-9-3-4-10(14)11(15)7-9/h3-7,12H,2,8,16H2,1H3. The monoisotopic (exact) mass is 283 g/mol. The van der Waals surface area contributed by atoms with Crippen LogP contribution in [0.5, 0.6) is 0 Å². The first kappa shape index (κ1) is 13.4. The maximum atomic E-state index is 6.18. The van der Waals surface area contributed by atoms with E-state index in [9.17, 15) is 0 Å². The van der Waals surface area contributed by atoms with Crippen LogP contribution >= 0.6 is 23.2 Å². The Morgan fingerprint density at radius 2 is 2.11 bits per heavy atom. The quantitative estimate of drug-likeness (QED) is 0.934. The van der Waals surface area contributed by atoms with Crippen LogP contribution in [-0.2, 0) is 13.0 Å². The van der Waals surface area contributed by atoms with Crippen molar-refractivity contribution in [3.8, 4) is 0 Å². The summed E-state index contributed by atoms with van der Waals surface area (Å²) in [6.45, 7) is 2.93. The largest absolute Gasteiger partial charge is 0.334 e. The molecule has 0 aliphatic carbocycles. The molecule has 0 amide bonds.